The molecule has 2 amide bonds. The number of carbonyl (C=O) groups is 2. The highest BCUT2D eigenvalue weighted by Crippen LogP contribution is 2.27. The molecule has 2 fully saturated rings. The molecule has 3 heterocycles. The summed E-state index contributed by atoms with van der Waals surface area (Å²) < 4.78 is 0. The monoisotopic (exact) mass is 546 g/mol. The fraction of sp³-hybridized carbons (Fsp3) is 0.265. The first-order chi connectivity index (χ1) is 20.1. The predicted molar refractivity (Wildman–Crippen MR) is 160 cm³/mol. The first kappa shape index (κ1) is 26.7. The van der Waals surface area contributed by atoms with Gasteiger partial charge in [0.1, 0.15) is 5.75 Å². The van der Waals surface area contributed by atoms with E-state index in [0.717, 1.165) is 48.4 Å². The van der Waals surface area contributed by atoms with Crippen molar-refractivity contribution in [1.82, 2.24) is 19.7 Å². The average molecular weight is 547 g/mol. The lowest BCUT2D eigenvalue weighted by Gasteiger charge is -2.42. The third-order valence-electron chi connectivity index (χ3n) is 8.22. The number of carbonyl (C=O) groups excluding carboxylic acids is 2. The molecule has 7 nitrogen and oxygen atoms in total. The Morgan fingerprint density at radius 2 is 1.15 bits per heavy atom. The first-order valence-corrected chi connectivity index (χ1v) is 14.3. The summed E-state index contributed by atoms with van der Waals surface area (Å²) in [6.07, 6.45) is 1.77. The van der Waals surface area contributed by atoms with Crippen LogP contribution in [0.3, 0.4) is 0 Å². The molecular weight excluding hydrogens is 512 g/mol. The number of rotatable bonds is 5. The van der Waals surface area contributed by atoms with Gasteiger partial charge in [-0.15, -0.1) is 0 Å². The van der Waals surface area contributed by atoms with Crippen LogP contribution in [0.25, 0.3) is 22.5 Å². The summed E-state index contributed by atoms with van der Waals surface area (Å²) in [6, 6.07) is 30.9. The van der Waals surface area contributed by atoms with Crippen molar-refractivity contribution in [3.63, 3.8) is 0 Å². The highest BCUT2D eigenvalue weighted by molar-refractivity contribution is 5.97. The lowest BCUT2D eigenvalue weighted by Crippen LogP contribution is -2.54. The summed E-state index contributed by atoms with van der Waals surface area (Å²) in [4.78, 5) is 37.8. The van der Waals surface area contributed by atoms with Crippen molar-refractivity contribution in [2.24, 2.45) is 0 Å². The number of phenols is 1. The van der Waals surface area contributed by atoms with Gasteiger partial charge in [0.05, 0.1) is 17.0 Å². The molecule has 2 saturated heterocycles. The van der Waals surface area contributed by atoms with Gasteiger partial charge in [-0.05, 0) is 37.1 Å². The number of aromatic hydroxyl groups is 1. The van der Waals surface area contributed by atoms with Crippen molar-refractivity contribution >= 4 is 11.8 Å². The number of likely N-dealkylation sites (tertiary alicyclic amines) is 1. The first-order valence-electron chi connectivity index (χ1n) is 14.3. The van der Waals surface area contributed by atoms with Gasteiger partial charge in [-0.2, -0.15) is 0 Å². The van der Waals surface area contributed by atoms with E-state index in [1.165, 1.54) is 0 Å². The van der Waals surface area contributed by atoms with E-state index < -0.39 is 0 Å². The van der Waals surface area contributed by atoms with Crippen LogP contribution < -0.4 is 0 Å². The van der Waals surface area contributed by atoms with Gasteiger partial charge >= 0.3 is 0 Å². The molecule has 0 aliphatic carbocycles. The minimum atomic E-state index is -0.112. The Morgan fingerprint density at radius 1 is 0.634 bits per heavy atom. The summed E-state index contributed by atoms with van der Waals surface area (Å²) in [5.41, 5.74) is 4.56. The van der Waals surface area contributed by atoms with E-state index in [2.05, 4.69) is 4.90 Å². The van der Waals surface area contributed by atoms with Crippen LogP contribution in [0.2, 0.25) is 0 Å². The number of piperidine rings is 1. The molecule has 0 saturated carbocycles. The molecule has 41 heavy (non-hydrogen) atoms. The summed E-state index contributed by atoms with van der Waals surface area (Å²) in [7, 11) is 0. The minimum Gasteiger partial charge on any atom is -0.507 e. The molecule has 0 atom stereocenters. The topological polar surface area (TPSA) is 77.0 Å². The number of piperazine rings is 1. The van der Waals surface area contributed by atoms with Crippen LogP contribution in [0.4, 0.5) is 0 Å². The summed E-state index contributed by atoms with van der Waals surface area (Å²) in [5.74, 6) is -0.0510. The number of aromatic nitrogens is 1. The van der Waals surface area contributed by atoms with Gasteiger partial charge in [-0.25, -0.2) is 4.98 Å². The summed E-state index contributed by atoms with van der Waals surface area (Å²) >= 11 is 0. The summed E-state index contributed by atoms with van der Waals surface area (Å²) in [5, 5.41) is 10.1. The molecule has 3 aromatic carbocycles. The Morgan fingerprint density at radius 3 is 1.71 bits per heavy atom. The number of benzene rings is 3. The number of pyridine rings is 1. The molecule has 2 aliphatic rings. The smallest absolute Gasteiger partial charge is 0.257 e. The van der Waals surface area contributed by atoms with E-state index in [1.807, 2.05) is 82.6 Å². The number of nitrogens with zero attached hydrogens (tertiary/aromatic N) is 4. The Labute approximate surface area is 240 Å². The van der Waals surface area contributed by atoms with Crippen LogP contribution in [-0.2, 0) is 0 Å². The fourth-order valence-corrected chi connectivity index (χ4v) is 5.90. The van der Waals surface area contributed by atoms with Crippen LogP contribution in [0, 0.1) is 0 Å². The van der Waals surface area contributed by atoms with Crippen LogP contribution in [0.1, 0.15) is 33.6 Å². The lowest BCUT2D eigenvalue weighted by atomic mass is 10.0. The van der Waals surface area contributed by atoms with Crippen LogP contribution in [-0.4, -0.2) is 81.9 Å². The standard InChI is InChI=1S/C34H34N4O3/c39-32-14-8-7-13-29(32)34(41)37-17-15-28(16-18-37)36-19-21-38(22-20-36)33(40)27-23-30(25-9-3-1-4-10-25)35-31(24-27)26-11-5-2-6-12-26/h1-14,23-24,28,39H,15-22H2. The third-order valence-corrected chi connectivity index (χ3v) is 8.22. The zero-order chi connectivity index (χ0) is 28.2. The lowest BCUT2D eigenvalue weighted by molar-refractivity contribution is 0.0411. The number of hydrogen-bond donors (Lipinski definition) is 1. The van der Waals surface area contributed by atoms with E-state index in [-0.39, 0.29) is 17.6 Å². The second-order valence-corrected chi connectivity index (χ2v) is 10.7. The van der Waals surface area contributed by atoms with E-state index in [0.29, 0.717) is 43.3 Å². The number of hydrogen-bond acceptors (Lipinski definition) is 5. The van der Waals surface area contributed by atoms with Crippen molar-refractivity contribution in [1.29, 1.82) is 0 Å². The Kier molecular flexibility index (Phi) is 7.78. The predicted octanol–water partition coefficient (Wildman–Crippen LogP) is 5.18. The maximum atomic E-state index is 13.7. The van der Waals surface area contributed by atoms with Crippen LogP contribution >= 0.6 is 0 Å². The Balaban J connectivity index is 1.11. The van der Waals surface area contributed by atoms with Gasteiger partial charge in [-0.1, -0.05) is 72.8 Å². The second kappa shape index (κ2) is 11.9. The maximum Gasteiger partial charge on any atom is 0.257 e. The molecule has 0 spiro atoms. The quantitative estimate of drug-likeness (QED) is 0.373. The van der Waals surface area contributed by atoms with Crippen molar-refractivity contribution in [2.45, 2.75) is 18.9 Å². The summed E-state index contributed by atoms with van der Waals surface area (Å²) in [6.45, 7) is 4.29. The van der Waals surface area contributed by atoms with E-state index >= 15 is 0 Å². The Bertz CT molecular complexity index is 1450. The van der Waals surface area contributed by atoms with Crippen molar-refractivity contribution in [2.75, 3.05) is 39.3 Å². The third kappa shape index (κ3) is 5.86. The van der Waals surface area contributed by atoms with Gasteiger partial charge in [-0.3, -0.25) is 14.5 Å². The van der Waals surface area contributed by atoms with Crippen molar-refractivity contribution < 1.29 is 14.7 Å². The number of para-hydroxylation sites is 1. The second-order valence-electron chi connectivity index (χ2n) is 10.7. The van der Waals surface area contributed by atoms with Crippen LogP contribution in [0.5, 0.6) is 5.75 Å². The fourth-order valence-electron chi connectivity index (χ4n) is 5.90. The minimum absolute atomic E-state index is 0.0291. The molecule has 0 radical (unpaired) electrons. The van der Waals surface area contributed by atoms with E-state index in [1.54, 1.807) is 24.3 Å². The van der Waals surface area contributed by atoms with Gasteiger partial charge in [0, 0.05) is 62.0 Å². The zero-order valence-electron chi connectivity index (χ0n) is 23.0. The Hall–Kier alpha value is -4.49. The highest BCUT2D eigenvalue weighted by atomic mass is 16.3. The van der Waals surface area contributed by atoms with E-state index in [4.69, 9.17) is 4.98 Å². The zero-order valence-corrected chi connectivity index (χ0v) is 23.0. The highest BCUT2D eigenvalue weighted by Gasteiger charge is 2.31. The number of amides is 2. The van der Waals surface area contributed by atoms with Crippen molar-refractivity contribution in [3.05, 3.63) is 108 Å². The van der Waals surface area contributed by atoms with Crippen LogP contribution in [0.15, 0.2) is 97.1 Å². The average Bonchev–Trinajstić information content (AvgIpc) is 3.05. The molecule has 1 N–H and O–H groups in total. The molecule has 0 bridgehead atoms. The largest absolute Gasteiger partial charge is 0.507 e. The van der Waals surface area contributed by atoms with Gasteiger partial charge in [0.2, 0.25) is 0 Å². The van der Waals surface area contributed by atoms with E-state index in [9.17, 15) is 14.7 Å². The normalized spacial score (nSPS) is 16.5. The molecule has 4 aromatic rings. The van der Waals surface area contributed by atoms with Crippen molar-refractivity contribution in [3.8, 4) is 28.3 Å². The molecule has 0 unspecified atom stereocenters. The number of phenolic OH excluding ortho intramolecular Hbond substituents is 1. The molecule has 7 heteroatoms. The molecular formula is C34H34N4O3. The van der Waals surface area contributed by atoms with Gasteiger partial charge in [0.15, 0.2) is 0 Å². The maximum absolute atomic E-state index is 13.7. The van der Waals surface area contributed by atoms with Gasteiger partial charge in [0.25, 0.3) is 11.8 Å². The molecule has 1 aromatic heterocycles. The molecule has 208 valence electrons. The molecule has 2 aliphatic heterocycles. The SMILES string of the molecule is O=C(c1cc(-c2ccccc2)nc(-c2ccccc2)c1)N1CCN(C2CCN(C(=O)c3ccccc3O)CC2)CC1. The molecule has 6 rings (SSSR count). The van der Waals surface area contributed by atoms with Gasteiger partial charge < -0.3 is 14.9 Å².